The highest BCUT2D eigenvalue weighted by Crippen LogP contribution is 2.18. The van der Waals surface area contributed by atoms with Crippen LogP contribution in [0.4, 0.5) is 0 Å². The highest BCUT2D eigenvalue weighted by atomic mass is 32.1. The SMILES string of the molecule is CCc1ccsc1CN(C)CCO. The Hall–Kier alpha value is -0.380. The van der Waals surface area contributed by atoms with Gasteiger partial charge in [0.1, 0.15) is 0 Å². The standard InChI is InChI=1S/C10H17NOS/c1-3-9-4-7-13-10(9)8-11(2)5-6-12/h4,7,12H,3,5-6,8H2,1-2H3. The third-order valence-electron chi connectivity index (χ3n) is 2.11. The van der Waals surface area contributed by atoms with Crippen molar-refractivity contribution >= 4 is 11.3 Å². The van der Waals surface area contributed by atoms with Crippen LogP contribution in [-0.4, -0.2) is 30.2 Å². The molecule has 1 rings (SSSR count). The summed E-state index contributed by atoms with van der Waals surface area (Å²) in [7, 11) is 2.04. The van der Waals surface area contributed by atoms with E-state index in [4.69, 9.17) is 5.11 Å². The molecule has 74 valence electrons. The van der Waals surface area contributed by atoms with Crippen LogP contribution in [-0.2, 0) is 13.0 Å². The molecule has 0 aliphatic carbocycles. The van der Waals surface area contributed by atoms with Gasteiger partial charge in [-0.1, -0.05) is 6.92 Å². The van der Waals surface area contributed by atoms with Crippen LogP contribution in [0.3, 0.4) is 0 Å². The summed E-state index contributed by atoms with van der Waals surface area (Å²) in [5, 5.41) is 10.9. The Kier molecular flexibility index (Phi) is 4.42. The van der Waals surface area contributed by atoms with Gasteiger partial charge in [-0.3, -0.25) is 4.90 Å². The summed E-state index contributed by atoms with van der Waals surface area (Å²) >= 11 is 1.81. The molecular weight excluding hydrogens is 182 g/mol. The maximum atomic E-state index is 8.75. The molecule has 0 unspecified atom stereocenters. The molecule has 0 amide bonds. The average molecular weight is 199 g/mol. The van der Waals surface area contributed by atoms with E-state index in [1.54, 1.807) is 11.3 Å². The smallest absolute Gasteiger partial charge is 0.0558 e. The monoisotopic (exact) mass is 199 g/mol. The van der Waals surface area contributed by atoms with Gasteiger partial charge < -0.3 is 5.11 Å². The van der Waals surface area contributed by atoms with Crippen LogP contribution >= 0.6 is 11.3 Å². The topological polar surface area (TPSA) is 23.5 Å². The van der Waals surface area contributed by atoms with Crippen LogP contribution in [0.2, 0.25) is 0 Å². The van der Waals surface area contributed by atoms with Gasteiger partial charge in [0, 0.05) is 18.0 Å². The van der Waals surface area contributed by atoms with Gasteiger partial charge in [0.25, 0.3) is 0 Å². The van der Waals surface area contributed by atoms with Crippen LogP contribution in [0, 0.1) is 0 Å². The third kappa shape index (κ3) is 3.10. The number of aryl methyl sites for hydroxylation is 1. The highest BCUT2D eigenvalue weighted by Gasteiger charge is 2.04. The molecule has 0 radical (unpaired) electrons. The number of nitrogens with zero attached hydrogens (tertiary/aromatic N) is 1. The second-order valence-electron chi connectivity index (χ2n) is 3.18. The fourth-order valence-corrected chi connectivity index (χ4v) is 2.37. The van der Waals surface area contributed by atoms with E-state index in [0.29, 0.717) is 0 Å². The molecule has 0 aromatic carbocycles. The van der Waals surface area contributed by atoms with Crippen molar-refractivity contribution in [3.63, 3.8) is 0 Å². The molecule has 1 aromatic rings. The van der Waals surface area contributed by atoms with Gasteiger partial charge in [0.2, 0.25) is 0 Å². The van der Waals surface area contributed by atoms with Crippen molar-refractivity contribution in [3.05, 3.63) is 21.9 Å². The minimum Gasteiger partial charge on any atom is -0.395 e. The van der Waals surface area contributed by atoms with Gasteiger partial charge in [-0.05, 0) is 30.5 Å². The van der Waals surface area contributed by atoms with E-state index in [1.807, 2.05) is 7.05 Å². The molecule has 0 aliphatic rings. The van der Waals surface area contributed by atoms with Crippen LogP contribution in [0.5, 0.6) is 0 Å². The Morgan fingerprint density at radius 2 is 2.31 bits per heavy atom. The largest absolute Gasteiger partial charge is 0.395 e. The summed E-state index contributed by atoms with van der Waals surface area (Å²) in [4.78, 5) is 3.57. The first kappa shape index (κ1) is 10.7. The third-order valence-corrected chi connectivity index (χ3v) is 3.06. The van der Waals surface area contributed by atoms with Gasteiger partial charge in [-0.15, -0.1) is 11.3 Å². The molecular formula is C10H17NOS. The molecule has 1 heterocycles. The van der Waals surface area contributed by atoms with Crippen molar-refractivity contribution in [1.82, 2.24) is 4.90 Å². The van der Waals surface area contributed by atoms with Gasteiger partial charge in [0.05, 0.1) is 6.61 Å². The molecule has 3 heteroatoms. The maximum absolute atomic E-state index is 8.75. The Balaban J connectivity index is 2.52. The summed E-state index contributed by atoms with van der Waals surface area (Å²) < 4.78 is 0. The van der Waals surface area contributed by atoms with Gasteiger partial charge in [0.15, 0.2) is 0 Å². The lowest BCUT2D eigenvalue weighted by Gasteiger charge is -2.14. The summed E-state index contributed by atoms with van der Waals surface area (Å²) in [5.41, 5.74) is 1.44. The molecule has 0 spiro atoms. The Labute approximate surface area is 83.8 Å². The maximum Gasteiger partial charge on any atom is 0.0558 e. The molecule has 2 nitrogen and oxygen atoms in total. The molecule has 1 N–H and O–H groups in total. The van der Waals surface area contributed by atoms with E-state index in [1.165, 1.54) is 10.4 Å². The minimum absolute atomic E-state index is 0.239. The van der Waals surface area contributed by atoms with Gasteiger partial charge in [-0.2, -0.15) is 0 Å². The van der Waals surface area contributed by atoms with Gasteiger partial charge >= 0.3 is 0 Å². The van der Waals surface area contributed by atoms with E-state index in [0.717, 1.165) is 19.5 Å². The zero-order valence-electron chi connectivity index (χ0n) is 8.29. The second kappa shape index (κ2) is 5.37. The summed E-state index contributed by atoms with van der Waals surface area (Å²) in [6, 6.07) is 2.19. The van der Waals surface area contributed by atoms with E-state index in [-0.39, 0.29) is 6.61 Å². The zero-order chi connectivity index (χ0) is 9.68. The molecule has 0 saturated heterocycles. The fourth-order valence-electron chi connectivity index (χ4n) is 1.32. The number of hydrogen-bond donors (Lipinski definition) is 1. The predicted molar refractivity (Wildman–Crippen MR) is 57.1 cm³/mol. The normalized spacial score (nSPS) is 11.1. The van der Waals surface area contributed by atoms with Crippen molar-refractivity contribution in [2.45, 2.75) is 19.9 Å². The Morgan fingerprint density at radius 3 is 2.92 bits per heavy atom. The van der Waals surface area contributed by atoms with E-state index < -0.39 is 0 Å². The number of hydrogen-bond acceptors (Lipinski definition) is 3. The number of aliphatic hydroxyl groups is 1. The van der Waals surface area contributed by atoms with E-state index in [2.05, 4.69) is 23.3 Å². The molecule has 0 saturated carbocycles. The van der Waals surface area contributed by atoms with Crippen molar-refractivity contribution in [3.8, 4) is 0 Å². The second-order valence-corrected chi connectivity index (χ2v) is 4.18. The zero-order valence-corrected chi connectivity index (χ0v) is 9.10. The highest BCUT2D eigenvalue weighted by molar-refractivity contribution is 7.10. The van der Waals surface area contributed by atoms with Crippen molar-refractivity contribution in [2.75, 3.05) is 20.2 Å². The van der Waals surface area contributed by atoms with E-state index >= 15 is 0 Å². The first-order chi connectivity index (χ1) is 6.27. The predicted octanol–water partition coefficient (Wildman–Crippen LogP) is 1.73. The molecule has 0 aliphatic heterocycles. The number of aliphatic hydroxyl groups excluding tert-OH is 1. The first-order valence-electron chi connectivity index (χ1n) is 4.62. The summed E-state index contributed by atoms with van der Waals surface area (Å²) in [5.74, 6) is 0. The quantitative estimate of drug-likeness (QED) is 0.780. The first-order valence-corrected chi connectivity index (χ1v) is 5.50. The lowest BCUT2D eigenvalue weighted by molar-refractivity contribution is 0.218. The number of thiophene rings is 1. The lowest BCUT2D eigenvalue weighted by Crippen LogP contribution is -2.21. The van der Waals surface area contributed by atoms with Crippen LogP contribution in [0.25, 0.3) is 0 Å². The molecule has 0 fully saturated rings. The molecule has 0 atom stereocenters. The summed E-state index contributed by atoms with van der Waals surface area (Å²) in [6.45, 7) is 4.13. The van der Waals surface area contributed by atoms with Crippen LogP contribution in [0.15, 0.2) is 11.4 Å². The Morgan fingerprint density at radius 1 is 1.54 bits per heavy atom. The molecule has 0 bridgehead atoms. The molecule has 13 heavy (non-hydrogen) atoms. The summed E-state index contributed by atoms with van der Waals surface area (Å²) in [6.07, 6.45) is 1.10. The van der Waals surface area contributed by atoms with Crippen LogP contribution in [0.1, 0.15) is 17.4 Å². The average Bonchev–Trinajstić information content (AvgIpc) is 2.52. The van der Waals surface area contributed by atoms with Crippen molar-refractivity contribution < 1.29 is 5.11 Å². The van der Waals surface area contributed by atoms with Crippen molar-refractivity contribution in [2.24, 2.45) is 0 Å². The minimum atomic E-state index is 0.239. The van der Waals surface area contributed by atoms with E-state index in [9.17, 15) is 0 Å². The van der Waals surface area contributed by atoms with Gasteiger partial charge in [-0.25, -0.2) is 0 Å². The molecule has 1 aromatic heterocycles. The number of rotatable bonds is 5. The van der Waals surface area contributed by atoms with Crippen molar-refractivity contribution in [1.29, 1.82) is 0 Å². The lowest BCUT2D eigenvalue weighted by atomic mass is 10.2. The van der Waals surface area contributed by atoms with Crippen LogP contribution < -0.4 is 0 Å². The fraction of sp³-hybridized carbons (Fsp3) is 0.600. The Bertz CT molecular complexity index is 247. The number of likely N-dealkylation sites (N-methyl/N-ethyl adjacent to an activating group) is 1.